The van der Waals surface area contributed by atoms with Gasteiger partial charge in [0.25, 0.3) is 5.79 Å². The minimum Gasteiger partial charge on any atom is -0.460 e. The normalized spacial score (nSPS) is 22.0. The molecule has 0 bridgehead atoms. The molecule has 180 valence electrons. The summed E-state index contributed by atoms with van der Waals surface area (Å²) in [5, 5.41) is 0. The first-order chi connectivity index (χ1) is 14.5. The van der Waals surface area contributed by atoms with E-state index in [0.29, 0.717) is 5.56 Å². The summed E-state index contributed by atoms with van der Waals surface area (Å²) in [6.07, 6.45) is -6.84. The minimum absolute atomic E-state index is 0.150. The summed E-state index contributed by atoms with van der Waals surface area (Å²) in [5.41, 5.74) is -0.263. The highest BCUT2D eigenvalue weighted by atomic mass is 28.4. The Bertz CT molecular complexity index is 806. The molecule has 7 nitrogen and oxygen atoms in total. The molecule has 1 aliphatic rings. The Morgan fingerprint density at radius 1 is 1.16 bits per heavy atom. The third-order valence-corrected chi connectivity index (χ3v) is 5.22. The van der Waals surface area contributed by atoms with Crippen molar-refractivity contribution in [3.63, 3.8) is 0 Å². The molecule has 1 heterocycles. The third-order valence-electron chi connectivity index (χ3n) is 4.31. The van der Waals surface area contributed by atoms with Gasteiger partial charge in [0.15, 0.2) is 8.32 Å². The van der Waals surface area contributed by atoms with Gasteiger partial charge < -0.3 is 18.6 Å². The van der Waals surface area contributed by atoms with Gasteiger partial charge in [-0.05, 0) is 46.0 Å². The second-order valence-electron chi connectivity index (χ2n) is 9.47. The van der Waals surface area contributed by atoms with Gasteiger partial charge in [0.2, 0.25) is 0 Å². The molecule has 0 saturated carbocycles. The van der Waals surface area contributed by atoms with Crippen LogP contribution in [0.2, 0.25) is 19.6 Å². The highest BCUT2D eigenvalue weighted by Gasteiger charge is 2.69. The van der Waals surface area contributed by atoms with Crippen LogP contribution in [0.15, 0.2) is 30.3 Å². The van der Waals surface area contributed by atoms with E-state index in [9.17, 15) is 22.8 Å². The Hall–Kier alpha value is -2.11. The van der Waals surface area contributed by atoms with Crippen LogP contribution in [0.1, 0.15) is 32.8 Å². The summed E-state index contributed by atoms with van der Waals surface area (Å²) in [4.78, 5) is 25.9. The van der Waals surface area contributed by atoms with Gasteiger partial charge >= 0.3 is 18.2 Å². The largest absolute Gasteiger partial charge is 0.460 e. The number of halogens is 3. The molecule has 2 unspecified atom stereocenters. The maximum Gasteiger partial charge on any atom is 0.444 e. The van der Waals surface area contributed by atoms with Crippen molar-refractivity contribution >= 4 is 20.4 Å². The zero-order valence-electron chi connectivity index (χ0n) is 19.1. The average Bonchev–Trinajstić information content (AvgIpc) is 2.96. The first-order valence-corrected chi connectivity index (χ1v) is 13.5. The zero-order chi connectivity index (χ0) is 24.4. The van der Waals surface area contributed by atoms with Crippen LogP contribution in [0.5, 0.6) is 0 Å². The van der Waals surface area contributed by atoms with Crippen molar-refractivity contribution in [1.82, 2.24) is 4.90 Å². The molecule has 1 saturated heterocycles. The maximum atomic E-state index is 14.3. The molecule has 2 rings (SSSR count). The number of nitrogens with zero attached hydrogens (tertiary/aromatic N) is 1. The van der Waals surface area contributed by atoms with E-state index in [4.69, 9.17) is 18.6 Å². The number of carbonyl (C=O) groups excluding carboxylic acids is 2. The number of rotatable bonds is 6. The van der Waals surface area contributed by atoms with Gasteiger partial charge in [-0.25, -0.2) is 4.79 Å². The summed E-state index contributed by atoms with van der Waals surface area (Å²) in [6.45, 7) is 8.57. The molecule has 0 N–H and O–H groups in total. The number of benzene rings is 1. The fraction of sp³-hybridized carbons (Fsp3) is 0.619. The molecule has 1 fully saturated rings. The van der Waals surface area contributed by atoms with Gasteiger partial charge in [-0.1, -0.05) is 30.3 Å². The summed E-state index contributed by atoms with van der Waals surface area (Å²) >= 11 is 0. The van der Waals surface area contributed by atoms with Crippen molar-refractivity contribution in [2.24, 2.45) is 0 Å². The molecule has 1 amide bonds. The van der Waals surface area contributed by atoms with Crippen molar-refractivity contribution in [3.8, 4) is 0 Å². The monoisotopic (exact) mass is 477 g/mol. The smallest absolute Gasteiger partial charge is 0.444 e. The fourth-order valence-electron chi connectivity index (χ4n) is 3.21. The van der Waals surface area contributed by atoms with Gasteiger partial charge in [-0.15, -0.1) is 0 Å². The number of hydrogen-bond acceptors (Lipinski definition) is 6. The van der Waals surface area contributed by atoms with Crippen molar-refractivity contribution in [1.29, 1.82) is 0 Å². The van der Waals surface area contributed by atoms with Crippen LogP contribution in [-0.4, -0.2) is 55.6 Å². The zero-order valence-corrected chi connectivity index (χ0v) is 20.1. The van der Waals surface area contributed by atoms with Crippen LogP contribution in [0.4, 0.5) is 18.0 Å². The van der Waals surface area contributed by atoms with E-state index in [1.54, 1.807) is 70.7 Å². The Kier molecular flexibility index (Phi) is 7.68. The Morgan fingerprint density at radius 3 is 2.25 bits per heavy atom. The summed E-state index contributed by atoms with van der Waals surface area (Å²) in [7, 11) is -2.86. The van der Waals surface area contributed by atoms with Gasteiger partial charge in [0, 0.05) is 0 Å². The molecule has 2 atom stereocenters. The van der Waals surface area contributed by atoms with E-state index in [1.165, 1.54) is 0 Å². The topological polar surface area (TPSA) is 74.3 Å². The van der Waals surface area contributed by atoms with Crippen LogP contribution < -0.4 is 0 Å². The van der Waals surface area contributed by atoms with E-state index in [2.05, 4.69) is 0 Å². The molecule has 0 aromatic heterocycles. The lowest BCUT2D eigenvalue weighted by Crippen LogP contribution is -2.62. The number of carbonyl (C=O) groups is 2. The summed E-state index contributed by atoms with van der Waals surface area (Å²) in [5.74, 6) is -4.08. The van der Waals surface area contributed by atoms with E-state index >= 15 is 0 Å². The first-order valence-electron chi connectivity index (χ1n) is 10.1. The molecule has 1 aliphatic heterocycles. The van der Waals surface area contributed by atoms with Crippen molar-refractivity contribution in [2.45, 2.75) is 77.0 Å². The molecular formula is C21H30F3NO6Si. The lowest BCUT2D eigenvalue weighted by Gasteiger charge is -2.40. The molecule has 32 heavy (non-hydrogen) atoms. The SMILES string of the molecule is CC(C)(C)OC(=O)CC1N(C(=O)OCc2ccccc2)COC1(O[Si](C)(C)C)C(F)(F)F. The second-order valence-corrected chi connectivity index (χ2v) is 13.9. The Morgan fingerprint density at radius 2 is 1.75 bits per heavy atom. The summed E-state index contributed by atoms with van der Waals surface area (Å²) < 4.78 is 63.9. The van der Waals surface area contributed by atoms with E-state index in [1.807, 2.05) is 0 Å². The molecule has 0 spiro atoms. The molecule has 0 radical (unpaired) electrons. The number of hydrogen-bond donors (Lipinski definition) is 0. The van der Waals surface area contributed by atoms with Crippen LogP contribution in [0, 0.1) is 0 Å². The van der Waals surface area contributed by atoms with Crippen LogP contribution >= 0.6 is 0 Å². The second kappa shape index (κ2) is 9.40. The fourth-order valence-corrected chi connectivity index (χ4v) is 4.43. The molecular weight excluding hydrogens is 447 g/mol. The lowest BCUT2D eigenvalue weighted by molar-refractivity contribution is -0.345. The van der Waals surface area contributed by atoms with Crippen molar-refractivity contribution < 1.29 is 41.4 Å². The third kappa shape index (κ3) is 6.69. The number of ether oxygens (including phenoxy) is 3. The molecule has 1 aromatic rings. The quantitative estimate of drug-likeness (QED) is 0.432. The van der Waals surface area contributed by atoms with Gasteiger partial charge in [-0.3, -0.25) is 9.69 Å². The first kappa shape index (κ1) is 26.1. The number of esters is 1. The Labute approximate surface area is 186 Å². The predicted octanol–water partition coefficient (Wildman–Crippen LogP) is 4.82. The standard InChI is InChI=1S/C21H30F3NO6Si/c1-19(2,3)30-17(26)12-16-20(21(22,23)24,31-32(4,5)6)29-14-25(16)18(27)28-13-15-10-8-7-9-11-15/h7-11,16H,12-14H2,1-6H3. The van der Waals surface area contributed by atoms with Crippen molar-refractivity contribution in [2.75, 3.05) is 6.73 Å². The molecule has 11 heteroatoms. The van der Waals surface area contributed by atoms with E-state index < -0.39 is 57.1 Å². The minimum atomic E-state index is -5.02. The Balaban J connectivity index is 2.34. The lowest BCUT2D eigenvalue weighted by atomic mass is 10.0. The predicted molar refractivity (Wildman–Crippen MR) is 112 cm³/mol. The van der Waals surface area contributed by atoms with E-state index in [-0.39, 0.29) is 6.61 Å². The van der Waals surface area contributed by atoms with Gasteiger partial charge in [-0.2, -0.15) is 13.2 Å². The average molecular weight is 478 g/mol. The molecule has 0 aliphatic carbocycles. The van der Waals surface area contributed by atoms with Crippen LogP contribution in [-0.2, 0) is 30.0 Å². The summed E-state index contributed by atoms with van der Waals surface area (Å²) in [6, 6.07) is 6.86. The van der Waals surface area contributed by atoms with Crippen molar-refractivity contribution in [3.05, 3.63) is 35.9 Å². The van der Waals surface area contributed by atoms with Gasteiger partial charge in [0.05, 0.1) is 6.42 Å². The van der Waals surface area contributed by atoms with Crippen LogP contribution in [0.3, 0.4) is 0 Å². The highest BCUT2D eigenvalue weighted by molar-refractivity contribution is 6.69. The number of alkyl halides is 3. The maximum absolute atomic E-state index is 14.3. The van der Waals surface area contributed by atoms with E-state index in [0.717, 1.165) is 4.90 Å². The van der Waals surface area contributed by atoms with Gasteiger partial charge in [0.1, 0.15) is 25.0 Å². The van der Waals surface area contributed by atoms with Crippen LogP contribution in [0.25, 0.3) is 0 Å². The highest BCUT2D eigenvalue weighted by Crippen LogP contribution is 2.46. The number of amides is 1. The molecule has 1 aromatic carbocycles.